The summed E-state index contributed by atoms with van der Waals surface area (Å²) >= 11 is 0. The predicted octanol–water partition coefficient (Wildman–Crippen LogP) is 5.02. The molecule has 20 atom stereocenters. The summed E-state index contributed by atoms with van der Waals surface area (Å²) in [5.74, 6) is -2.28. The summed E-state index contributed by atoms with van der Waals surface area (Å²) in [4.78, 5) is 36.5. The van der Waals surface area contributed by atoms with E-state index < -0.39 is 122 Å². The highest BCUT2D eigenvalue weighted by Gasteiger charge is 2.44. The van der Waals surface area contributed by atoms with E-state index in [0.29, 0.717) is 19.4 Å². The zero-order valence-corrected chi connectivity index (χ0v) is 55.8. The van der Waals surface area contributed by atoms with Crippen LogP contribution in [-0.2, 0) is 23.9 Å². The highest BCUT2D eigenvalue weighted by Crippen LogP contribution is 2.28. The fourth-order valence-corrected chi connectivity index (χ4v) is 9.95. The van der Waals surface area contributed by atoms with Crippen molar-refractivity contribution in [3.63, 3.8) is 0 Å². The van der Waals surface area contributed by atoms with Gasteiger partial charge in [-0.2, -0.15) is 0 Å². The van der Waals surface area contributed by atoms with E-state index in [2.05, 4.69) is 5.32 Å². The number of Topliss-reactive ketones (excluding diaryl/α,β-unsaturated/α-hetero) is 2. The van der Waals surface area contributed by atoms with Crippen molar-refractivity contribution in [2.45, 2.75) is 248 Å². The third kappa shape index (κ3) is 38.9. The van der Waals surface area contributed by atoms with Crippen LogP contribution in [0.4, 0.5) is 0 Å². The Morgan fingerprint density at radius 1 is 0.585 bits per heavy atom. The molecule has 1 fully saturated rings. The lowest BCUT2D eigenvalue weighted by Crippen LogP contribution is -2.58. The summed E-state index contributed by atoms with van der Waals surface area (Å²) in [6.07, 6.45) is 26.8. The van der Waals surface area contributed by atoms with E-state index in [1.807, 2.05) is 94.5 Å². The van der Waals surface area contributed by atoms with Gasteiger partial charge in [-0.1, -0.05) is 161 Å². The number of nitrogens with one attached hydrogen (secondary N) is 1. The van der Waals surface area contributed by atoms with Gasteiger partial charge in [0, 0.05) is 55.9 Å². The monoisotopic (exact) mass is 1330 g/mol. The summed E-state index contributed by atoms with van der Waals surface area (Å²) in [7, 11) is 0. The molecule has 0 aromatic heterocycles. The molecular formula is C72H114N2O20. The molecule has 1 heterocycles. The molecule has 22 nitrogen and oxygen atoms in total. The van der Waals surface area contributed by atoms with E-state index in [4.69, 9.17) is 15.2 Å². The van der Waals surface area contributed by atoms with Crippen molar-refractivity contribution in [1.29, 1.82) is 0 Å². The normalized spacial score (nSPS) is 23.6. The van der Waals surface area contributed by atoms with Gasteiger partial charge in [0.25, 0.3) is 0 Å². The van der Waals surface area contributed by atoms with E-state index in [0.717, 1.165) is 12.8 Å². The number of rotatable bonds is 45. The number of nitrogens with two attached hydrogens (primary N) is 1. The smallest absolute Gasteiger partial charge is 0.248 e. The van der Waals surface area contributed by atoms with Crippen molar-refractivity contribution in [1.82, 2.24) is 5.32 Å². The van der Waals surface area contributed by atoms with E-state index in [9.17, 15) is 91.0 Å². The Balaban J connectivity index is 0.00000112. The number of ether oxygens (including phenoxy) is 2. The second-order valence-electron chi connectivity index (χ2n) is 24.2. The van der Waals surface area contributed by atoms with Gasteiger partial charge in [0.1, 0.15) is 35.6 Å². The molecule has 532 valence electrons. The van der Waals surface area contributed by atoms with Gasteiger partial charge >= 0.3 is 0 Å². The van der Waals surface area contributed by atoms with E-state index in [-0.39, 0.29) is 106 Å². The standard InChI is InChI=1S/C45H77NO15.C27H37NO5/c1-4-5-6-7-8-9-10-11-20-41(61-45-44(59)43(58)42(57)30(3)60-45)29(2)40(56)28-39(55)27-38(54)25-34(50)18-13-17-33(49)24-37(53)26-36(52)23-32(48)16-12-15-31(47)22-35(51)19-14-21-46;1-4-15-22(29)21(3)27(33)20(2)16-13-11-9-7-5-6-8-10-12-14-17-25(32)28-26-23(30)18-19-24(26)31/h4-13,16,18,29-39,41-45,47-55,57-59H,14-15,17,19-28,46H2,1-3H3;4-8,10,12-17,20-22,27,29-30,33H,9,11,18-19H2,1-3H3,(H,28,32)/b5-4+,7-6+,9-8+,11-10+,16-12+,18-13+;7-5+,8-6+,12-10+,15-4+,16-13+,17-14+/t29?,30?,31?,32?,33?,34?,35?,36?,37?,38?,39-,41?,42?,43?,44?,45?;/m0./s1. The highest BCUT2D eigenvalue weighted by atomic mass is 16.7. The molecule has 2 aliphatic rings. The van der Waals surface area contributed by atoms with Crippen molar-refractivity contribution in [3.05, 3.63) is 157 Å². The van der Waals surface area contributed by atoms with Crippen molar-refractivity contribution < 1.29 is 100 Å². The van der Waals surface area contributed by atoms with Gasteiger partial charge in [-0.3, -0.25) is 14.4 Å². The number of amides is 1. The van der Waals surface area contributed by atoms with Crippen LogP contribution in [0.2, 0.25) is 0 Å². The highest BCUT2D eigenvalue weighted by molar-refractivity contribution is 6.03. The molecule has 0 saturated carbocycles. The molecule has 19 unspecified atom stereocenters. The second-order valence-corrected chi connectivity index (χ2v) is 24.2. The molecule has 2 rings (SSSR count). The topological polar surface area (TPSA) is 411 Å². The lowest BCUT2D eigenvalue weighted by Gasteiger charge is -2.41. The summed E-state index contributed by atoms with van der Waals surface area (Å²) in [6.45, 7) is 11.1. The summed E-state index contributed by atoms with van der Waals surface area (Å²) in [6, 6.07) is 0. The molecule has 0 aromatic rings. The van der Waals surface area contributed by atoms with Crippen LogP contribution in [0, 0.1) is 17.8 Å². The van der Waals surface area contributed by atoms with Gasteiger partial charge in [0.15, 0.2) is 12.1 Å². The van der Waals surface area contributed by atoms with Crippen molar-refractivity contribution >= 4 is 17.5 Å². The van der Waals surface area contributed by atoms with Gasteiger partial charge in [-0.15, -0.1) is 0 Å². The molecule has 22 heteroatoms. The van der Waals surface area contributed by atoms with E-state index in [1.54, 1.807) is 61.6 Å². The van der Waals surface area contributed by atoms with Crippen LogP contribution in [0.1, 0.15) is 144 Å². The maximum atomic E-state index is 13.3. The molecule has 1 aliphatic carbocycles. The van der Waals surface area contributed by atoms with Crippen molar-refractivity contribution in [2.24, 2.45) is 23.5 Å². The number of aliphatic hydroxyl groups is 15. The molecule has 0 spiro atoms. The number of carbonyl (C=O) groups excluding carboxylic acids is 3. The first-order valence-corrected chi connectivity index (χ1v) is 32.9. The SMILES string of the molecule is C/C=C/C(O)C(C)C(O)C(C)/C=C/CC/C=C/C=C/C=C/C=C/C(=O)NC1=C(O)CCC1=O.C/C=C/C=C/C=C/C=C/CC(OC1OC(C)C(O)C(O)C1O)C(C)C(=O)C[C@@H](O)CC(O)CC(O)/C=C/CC(O)CC(O)CC(O)CC(O)/C=C/CC(O)CC(O)CCCN. The lowest BCUT2D eigenvalue weighted by molar-refractivity contribution is -0.306. The minimum absolute atomic E-state index is 0.00287. The van der Waals surface area contributed by atoms with Gasteiger partial charge in [-0.25, -0.2) is 0 Å². The van der Waals surface area contributed by atoms with E-state index >= 15 is 0 Å². The van der Waals surface area contributed by atoms with Crippen LogP contribution in [0.5, 0.6) is 0 Å². The zero-order valence-electron chi connectivity index (χ0n) is 55.8. The van der Waals surface area contributed by atoms with Crippen LogP contribution >= 0.6 is 0 Å². The van der Waals surface area contributed by atoms with E-state index in [1.165, 1.54) is 31.2 Å². The molecule has 1 aliphatic heterocycles. The Kier molecular flexibility index (Phi) is 46.8. The first-order valence-electron chi connectivity index (χ1n) is 32.9. The van der Waals surface area contributed by atoms with Crippen molar-refractivity contribution in [2.75, 3.05) is 6.54 Å². The first-order chi connectivity index (χ1) is 44.6. The Labute approximate surface area is 556 Å². The van der Waals surface area contributed by atoms with Gasteiger partial charge in [-0.05, 0) is 97.9 Å². The number of unbranched alkanes of at least 4 members (excludes halogenated alkanes) is 1. The summed E-state index contributed by atoms with van der Waals surface area (Å²) in [5.41, 5.74) is 5.42. The van der Waals surface area contributed by atoms with Gasteiger partial charge in [0.05, 0.1) is 79.4 Å². The number of hydrogen-bond donors (Lipinski definition) is 17. The first kappa shape index (κ1) is 86.6. The van der Waals surface area contributed by atoms with Gasteiger partial charge < -0.3 is 97.1 Å². The number of hydrogen-bond acceptors (Lipinski definition) is 21. The van der Waals surface area contributed by atoms with Crippen LogP contribution in [0.3, 0.4) is 0 Å². The maximum absolute atomic E-state index is 13.3. The molecule has 94 heavy (non-hydrogen) atoms. The zero-order chi connectivity index (χ0) is 70.5. The Bertz CT molecular complexity index is 2520. The minimum atomic E-state index is -1.58. The van der Waals surface area contributed by atoms with Crippen LogP contribution in [-0.4, -0.2) is 205 Å². The average molecular weight is 1330 g/mol. The van der Waals surface area contributed by atoms with Crippen LogP contribution in [0.15, 0.2) is 157 Å². The molecule has 18 N–H and O–H groups in total. The number of allylic oxidation sites excluding steroid dienone is 18. The fourth-order valence-electron chi connectivity index (χ4n) is 9.95. The largest absolute Gasteiger partial charge is 0.510 e. The molecular weight excluding hydrogens is 1210 g/mol. The lowest BCUT2D eigenvalue weighted by atomic mass is 9.89. The average Bonchev–Trinajstić information content (AvgIpc) is 0.984. The Hall–Kier alpha value is -5.45. The number of carbonyl (C=O) groups is 3. The molecule has 1 saturated heterocycles. The summed E-state index contributed by atoms with van der Waals surface area (Å²) < 4.78 is 11.6. The third-order valence-corrected chi connectivity index (χ3v) is 15.6. The number of ketones is 2. The van der Waals surface area contributed by atoms with Gasteiger partial charge in [0.2, 0.25) is 5.91 Å². The van der Waals surface area contributed by atoms with Crippen molar-refractivity contribution in [3.8, 4) is 0 Å². The second kappa shape index (κ2) is 50.9. The summed E-state index contributed by atoms with van der Waals surface area (Å²) in [5, 5.41) is 156. The molecule has 1 amide bonds. The predicted molar refractivity (Wildman–Crippen MR) is 363 cm³/mol. The Morgan fingerprint density at radius 3 is 1.67 bits per heavy atom. The number of aliphatic hydroxyl groups excluding tert-OH is 15. The third-order valence-electron chi connectivity index (χ3n) is 15.6. The molecule has 0 radical (unpaired) electrons. The maximum Gasteiger partial charge on any atom is 0.248 e. The van der Waals surface area contributed by atoms with Crippen LogP contribution in [0.25, 0.3) is 0 Å². The molecule has 0 bridgehead atoms. The fraction of sp³-hybridized carbons (Fsp3) is 0.597. The minimum Gasteiger partial charge on any atom is -0.510 e. The van der Waals surface area contributed by atoms with Crippen LogP contribution < -0.4 is 11.1 Å². The quantitative estimate of drug-likeness (QED) is 0.0165. The Morgan fingerprint density at radius 2 is 1.11 bits per heavy atom. The molecule has 0 aromatic carbocycles.